The molecule has 1 aliphatic rings. The molecule has 0 aromatic rings. The number of carbonyl (C=O) groups excluding carboxylic acids is 1. The second-order valence-corrected chi connectivity index (χ2v) is 4.58. The Hall–Kier alpha value is -0.370. The first-order valence-corrected chi connectivity index (χ1v) is 5.22. The number of hydrogen-bond donors (Lipinski definition) is 1. The van der Waals surface area contributed by atoms with Gasteiger partial charge in [-0.2, -0.15) is 0 Å². The zero-order valence-electron chi connectivity index (χ0n) is 8.79. The lowest BCUT2D eigenvalue weighted by Gasteiger charge is -2.34. The van der Waals surface area contributed by atoms with Gasteiger partial charge in [0.05, 0.1) is 6.61 Å². The maximum Gasteiger partial charge on any atom is 0.141 e. The quantitative estimate of drug-likeness (QED) is 0.711. The zero-order valence-corrected chi connectivity index (χ0v) is 8.79. The number of Topliss-reactive ketones (excluding diaryl/α,β-unsaturated/α-hetero) is 1. The largest absolute Gasteiger partial charge is 0.396 e. The third kappa shape index (κ3) is 2.11. The predicted molar refractivity (Wildman–Crippen MR) is 52.3 cm³/mol. The summed E-state index contributed by atoms with van der Waals surface area (Å²) in [7, 11) is 0. The smallest absolute Gasteiger partial charge is 0.141 e. The van der Waals surface area contributed by atoms with Gasteiger partial charge in [0.15, 0.2) is 0 Å². The Kier molecular flexibility index (Phi) is 3.48. The Labute approximate surface area is 80.3 Å². The fourth-order valence-electron chi connectivity index (χ4n) is 2.39. The van der Waals surface area contributed by atoms with Crippen molar-refractivity contribution in [3.63, 3.8) is 0 Å². The van der Waals surface area contributed by atoms with Crippen LogP contribution in [0.25, 0.3) is 0 Å². The van der Waals surface area contributed by atoms with E-state index in [-0.39, 0.29) is 24.2 Å². The van der Waals surface area contributed by atoms with Gasteiger partial charge >= 0.3 is 0 Å². The topological polar surface area (TPSA) is 37.3 Å². The zero-order chi connectivity index (χ0) is 10.0. The van der Waals surface area contributed by atoms with Gasteiger partial charge in [-0.05, 0) is 24.7 Å². The molecule has 1 saturated carbocycles. The lowest BCUT2D eigenvalue weighted by atomic mass is 9.69. The summed E-state index contributed by atoms with van der Waals surface area (Å²) in [5.74, 6) is 1.24. The molecule has 0 spiro atoms. The van der Waals surface area contributed by atoms with E-state index in [9.17, 15) is 9.90 Å². The lowest BCUT2D eigenvalue weighted by molar-refractivity contribution is -0.133. The number of ketones is 1. The van der Waals surface area contributed by atoms with Crippen LogP contribution < -0.4 is 0 Å². The maximum absolute atomic E-state index is 11.7. The molecule has 1 aliphatic carbocycles. The highest BCUT2D eigenvalue weighted by Gasteiger charge is 2.36. The predicted octanol–water partition coefficient (Wildman–Crippen LogP) is 1.87. The molecule has 0 aromatic heterocycles. The molecule has 2 nitrogen and oxygen atoms in total. The van der Waals surface area contributed by atoms with E-state index < -0.39 is 0 Å². The standard InChI is InChI=1S/C11H20O2/c1-7(2)9-5-4-8(3)11(13)10(9)6-12/h7-10,12H,4-6H2,1-3H3/t8-,9+,10-/m0/s1. The van der Waals surface area contributed by atoms with Gasteiger partial charge < -0.3 is 5.11 Å². The molecule has 13 heavy (non-hydrogen) atoms. The minimum Gasteiger partial charge on any atom is -0.396 e. The Morgan fingerprint density at radius 1 is 1.46 bits per heavy atom. The number of aliphatic hydroxyl groups is 1. The van der Waals surface area contributed by atoms with Crippen LogP contribution in [0.4, 0.5) is 0 Å². The first kappa shape index (κ1) is 10.7. The average molecular weight is 184 g/mol. The molecule has 0 radical (unpaired) electrons. The van der Waals surface area contributed by atoms with Crippen LogP contribution in [0.15, 0.2) is 0 Å². The molecule has 1 N–H and O–H groups in total. The van der Waals surface area contributed by atoms with E-state index in [4.69, 9.17) is 0 Å². The molecule has 3 atom stereocenters. The van der Waals surface area contributed by atoms with Crippen LogP contribution in [0.1, 0.15) is 33.6 Å². The maximum atomic E-state index is 11.7. The van der Waals surface area contributed by atoms with Gasteiger partial charge in [0.2, 0.25) is 0 Å². The van der Waals surface area contributed by atoms with Crippen molar-refractivity contribution in [3.05, 3.63) is 0 Å². The summed E-state index contributed by atoms with van der Waals surface area (Å²) in [5, 5.41) is 9.18. The normalized spacial score (nSPS) is 35.5. The molecule has 0 heterocycles. The highest BCUT2D eigenvalue weighted by molar-refractivity contribution is 5.84. The summed E-state index contributed by atoms with van der Waals surface area (Å²) < 4.78 is 0. The number of aliphatic hydroxyl groups excluding tert-OH is 1. The average Bonchev–Trinajstić information content (AvgIpc) is 2.09. The minimum atomic E-state index is -0.0938. The third-order valence-corrected chi connectivity index (χ3v) is 3.35. The van der Waals surface area contributed by atoms with Gasteiger partial charge in [0.1, 0.15) is 5.78 Å². The van der Waals surface area contributed by atoms with E-state index in [1.807, 2.05) is 6.92 Å². The second-order valence-electron chi connectivity index (χ2n) is 4.58. The van der Waals surface area contributed by atoms with Gasteiger partial charge in [-0.25, -0.2) is 0 Å². The molecule has 1 rings (SSSR count). The SMILES string of the molecule is CC(C)[C@H]1CC[C@H](C)C(=O)[C@H]1CO. The molecule has 0 saturated heterocycles. The summed E-state index contributed by atoms with van der Waals surface area (Å²) in [6.45, 7) is 6.28. The number of hydrogen-bond acceptors (Lipinski definition) is 2. The van der Waals surface area contributed by atoms with Gasteiger partial charge in [-0.3, -0.25) is 4.79 Å². The van der Waals surface area contributed by atoms with Crippen molar-refractivity contribution in [1.82, 2.24) is 0 Å². The third-order valence-electron chi connectivity index (χ3n) is 3.35. The molecule has 0 unspecified atom stereocenters. The summed E-state index contributed by atoms with van der Waals surface area (Å²) in [4.78, 5) is 11.7. The summed E-state index contributed by atoms with van der Waals surface area (Å²) in [6, 6.07) is 0. The molecular formula is C11H20O2. The molecular weight excluding hydrogens is 164 g/mol. The van der Waals surface area contributed by atoms with E-state index in [0.29, 0.717) is 11.8 Å². The lowest BCUT2D eigenvalue weighted by Crippen LogP contribution is -2.38. The van der Waals surface area contributed by atoms with Crippen molar-refractivity contribution < 1.29 is 9.90 Å². The van der Waals surface area contributed by atoms with Gasteiger partial charge in [-0.15, -0.1) is 0 Å². The van der Waals surface area contributed by atoms with Crippen molar-refractivity contribution >= 4 is 5.78 Å². The van der Waals surface area contributed by atoms with Crippen LogP contribution in [0.5, 0.6) is 0 Å². The van der Waals surface area contributed by atoms with E-state index in [0.717, 1.165) is 12.8 Å². The summed E-state index contributed by atoms with van der Waals surface area (Å²) in [6.07, 6.45) is 2.09. The van der Waals surface area contributed by atoms with Crippen molar-refractivity contribution in [3.8, 4) is 0 Å². The summed E-state index contributed by atoms with van der Waals surface area (Å²) in [5.41, 5.74) is 0. The molecule has 0 aromatic carbocycles. The monoisotopic (exact) mass is 184 g/mol. The molecule has 2 heteroatoms. The second kappa shape index (κ2) is 4.23. The molecule has 0 bridgehead atoms. The van der Waals surface area contributed by atoms with Gasteiger partial charge in [0.25, 0.3) is 0 Å². The van der Waals surface area contributed by atoms with Crippen molar-refractivity contribution in [2.75, 3.05) is 6.61 Å². The van der Waals surface area contributed by atoms with Crippen molar-refractivity contribution in [1.29, 1.82) is 0 Å². The fraction of sp³-hybridized carbons (Fsp3) is 0.909. The molecule has 76 valence electrons. The first-order chi connectivity index (χ1) is 6.07. The van der Waals surface area contributed by atoms with E-state index in [1.165, 1.54) is 0 Å². The van der Waals surface area contributed by atoms with E-state index >= 15 is 0 Å². The fourth-order valence-corrected chi connectivity index (χ4v) is 2.39. The van der Waals surface area contributed by atoms with Crippen LogP contribution in [-0.4, -0.2) is 17.5 Å². The molecule has 0 amide bonds. The van der Waals surface area contributed by atoms with Crippen LogP contribution in [-0.2, 0) is 4.79 Å². The van der Waals surface area contributed by atoms with E-state index in [1.54, 1.807) is 0 Å². The highest BCUT2D eigenvalue weighted by atomic mass is 16.3. The first-order valence-electron chi connectivity index (χ1n) is 5.22. The van der Waals surface area contributed by atoms with Gasteiger partial charge in [0, 0.05) is 11.8 Å². The molecule has 1 fully saturated rings. The van der Waals surface area contributed by atoms with Crippen molar-refractivity contribution in [2.45, 2.75) is 33.6 Å². The Bertz CT molecular complexity index is 187. The van der Waals surface area contributed by atoms with Crippen LogP contribution in [0.2, 0.25) is 0 Å². The van der Waals surface area contributed by atoms with Gasteiger partial charge in [-0.1, -0.05) is 20.8 Å². The highest BCUT2D eigenvalue weighted by Crippen LogP contribution is 2.35. The van der Waals surface area contributed by atoms with Crippen molar-refractivity contribution in [2.24, 2.45) is 23.7 Å². The summed E-state index contributed by atoms with van der Waals surface area (Å²) >= 11 is 0. The minimum absolute atomic E-state index is 0.0337. The number of carbonyl (C=O) groups is 1. The Balaban J connectivity index is 2.72. The Morgan fingerprint density at radius 3 is 2.54 bits per heavy atom. The molecule has 0 aliphatic heterocycles. The van der Waals surface area contributed by atoms with E-state index in [2.05, 4.69) is 13.8 Å². The van der Waals surface area contributed by atoms with Crippen LogP contribution in [0.3, 0.4) is 0 Å². The van der Waals surface area contributed by atoms with Crippen LogP contribution in [0, 0.1) is 23.7 Å². The van der Waals surface area contributed by atoms with Crippen LogP contribution >= 0.6 is 0 Å². The number of rotatable bonds is 2. The Morgan fingerprint density at radius 2 is 2.08 bits per heavy atom.